The van der Waals surface area contributed by atoms with Crippen LogP contribution in [-0.4, -0.2) is 18.1 Å². The maximum atomic E-state index is 11.8. The van der Waals surface area contributed by atoms with Crippen LogP contribution in [0.1, 0.15) is 18.2 Å². The summed E-state index contributed by atoms with van der Waals surface area (Å²) in [6, 6.07) is 4.92. The summed E-state index contributed by atoms with van der Waals surface area (Å²) < 4.78 is 5.17. The van der Waals surface area contributed by atoms with Crippen molar-refractivity contribution < 1.29 is 9.53 Å². The molecule has 0 bridgehead atoms. The van der Waals surface area contributed by atoms with Crippen LogP contribution >= 0.6 is 11.3 Å². The van der Waals surface area contributed by atoms with E-state index < -0.39 is 6.03 Å². The van der Waals surface area contributed by atoms with E-state index in [9.17, 15) is 4.79 Å². The average molecular weight is 291 g/mol. The molecule has 1 aromatic carbocycles. The van der Waals surface area contributed by atoms with Crippen molar-refractivity contribution in [1.82, 2.24) is 4.98 Å². The van der Waals surface area contributed by atoms with E-state index in [2.05, 4.69) is 4.98 Å². The van der Waals surface area contributed by atoms with Crippen LogP contribution in [0.15, 0.2) is 23.6 Å². The Morgan fingerprint density at radius 3 is 2.75 bits per heavy atom. The molecule has 0 spiro atoms. The Kier molecular flexibility index (Phi) is 4.24. The molecule has 0 saturated heterocycles. The smallest absolute Gasteiger partial charge is 0.325 e. The Hall–Kier alpha value is -2.08. The summed E-state index contributed by atoms with van der Waals surface area (Å²) in [6.07, 6.45) is 0.824. The maximum absolute atomic E-state index is 11.8. The zero-order valence-electron chi connectivity index (χ0n) is 11.7. The number of methoxy groups -OCH3 is 1. The number of anilines is 2. The molecule has 2 aromatic rings. The Bertz CT molecular complexity index is 625. The Morgan fingerprint density at radius 1 is 1.50 bits per heavy atom. The molecule has 106 valence electrons. The predicted molar refractivity (Wildman–Crippen MR) is 80.9 cm³/mol. The lowest BCUT2D eigenvalue weighted by atomic mass is 10.2. The van der Waals surface area contributed by atoms with Gasteiger partial charge < -0.3 is 10.5 Å². The second kappa shape index (κ2) is 5.92. The van der Waals surface area contributed by atoms with E-state index in [0.717, 1.165) is 29.1 Å². The van der Waals surface area contributed by atoms with Crippen molar-refractivity contribution in [3.63, 3.8) is 0 Å². The third-order valence-corrected chi connectivity index (χ3v) is 3.83. The van der Waals surface area contributed by atoms with E-state index in [1.54, 1.807) is 13.2 Å². The quantitative estimate of drug-likeness (QED) is 0.940. The molecular formula is C14H17N3O2S. The molecule has 0 aliphatic carbocycles. The highest BCUT2D eigenvalue weighted by molar-refractivity contribution is 7.14. The minimum Gasteiger partial charge on any atom is -0.497 e. The van der Waals surface area contributed by atoms with Gasteiger partial charge in [-0.25, -0.2) is 14.7 Å². The molecule has 0 radical (unpaired) electrons. The summed E-state index contributed by atoms with van der Waals surface area (Å²) >= 11 is 1.41. The van der Waals surface area contributed by atoms with Crippen LogP contribution in [0.5, 0.6) is 5.75 Å². The van der Waals surface area contributed by atoms with E-state index >= 15 is 0 Å². The minimum absolute atomic E-state index is 0.546. The van der Waals surface area contributed by atoms with Gasteiger partial charge in [-0.2, -0.15) is 0 Å². The van der Waals surface area contributed by atoms with Gasteiger partial charge in [-0.1, -0.05) is 6.92 Å². The molecule has 0 saturated carbocycles. The van der Waals surface area contributed by atoms with Crippen molar-refractivity contribution in [3.05, 3.63) is 34.8 Å². The number of amides is 2. The van der Waals surface area contributed by atoms with Crippen LogP contribution in [-0.2, 0) is 6.42 Å². The molecule has 20 heavy (non-hydrogen) atoms. The molecule has 6 heteroatoms. The van der Waals surface area contributed by atoms with Crippen molar-refractivity contribution in [2.45, 2.75) is 20.3 Å². The summed E-state index contributed by atoms with van der Waals surface area (Å²) in [5.41, 5.74) is 8.08. The van der Waals surface area contributed by atoms with E-state index in [1.165, 1.54) is 16.2 Å². The lowest BCUT2D eigenvalue weighted by molar-refractivity contribution is 0.256. The number of carbonyl (C=O) groups is 1. The molecule has 1 heterocycles. The van der Waals surface area contributed by atoms with Crippen LogP contribution < -0.4 is 15.4 Å². The zero-order valence-corrected chi connectivity index (χ0v) is 12.5. The Morgan fingerprint density at radius 2 is 2.25 bits per heavy atom. The number of hydrogen-bond acceptors (Lipinski definition) is 4. The molecular weight excluding hydrogens is 274 g/mol. The summed E-state index contributed by atoms with van der Waals surface area (Å²) in [7, 11) is 1.61. The second-order valence-corrected chi connectivity index (χ2v) is 5.14. The standard InChI is InChI=1S/C14H17N3O2S/c1-4-10-8-20-14(16-10)17(13(15)18)12-6-5-11(19-3)7-9(12)2/h5-8H,4H2,1-3H3,(H2,15,18). The first-order valence-corrected chi connectivity index (χ1v) is 7.13. The summed E-state index contributed by atoms with van der Waals surface area (Å²) in [5, 5.41) is 2.52. The molecule has 2 amide bonds. The van der Waals surface area contributed by atoms with Gasteiger partial charge in [0.2, 0.25) is 0 Å². The van der Waals surface area contributed by atoms with Crippen molar-refractivity contribution in [1.29, 1.82) is 0 Å². The van der Waals surface area contributed by atoms with Crippen LogP contribution in [0, 0.1) is 6.92 Å². The van der Waals surface area contributed by atoms with Gasteiger partial charge in [0.05, 0.1) is 18.5 Å². The molecule has 0 aliphatic rings. The Balaban J connectivity index is 2.46. The maximum Gasteiger partial charge on any atom is 0.325 e. The molecule has 2 rings (SSSR count). The fourth-order valence-corrected chi connectivity index (χ4v) is 2.81. The van der Waals surface area contributed by atoms with E-state index in [0.29, 0.717) is 5.13 Å². The number of rotatable bonds is 4. The number of thiazole rings is 1. The Labute approximate surface area is 122 Å². The largest absolute Gasteiger partial charge is 0.497 e. The number of nitrogens with zero attached hydrogens (tertiary/aromatic N) is 2. The molecule has 0 unspecified atom stereocenters. The van der Waals surface area contributed by atoms with E-state index in [4.69, 9.17) is 10.5 Å². The predicted octanol–water partition coefficient (Wildman–Crippen LogP) is 3.24. The number of carbonyl (C=O) groups excluding carboxylic acids is 1. The number of benzene rings is 1. The normalized spacial score (nSPS) is 10.3. The molecule has 5 nitrogen and oxygen atoms in total. The van der Waals surface area contributed by atoms with E-state index in [1.807, 2.05) is 31.4 Å². The molecule has 2 N–H and O–H groups in total. The second-order valence-electron chi connectivity index (χ2n) is 4.30. The zero-order chi connectivity index (χ0) is 14.7. The topological polar surface area (TPSA) is 68.5 Å². The van der Waals surface area contributed by atoms with Gasteiger partial charge in [0.15, 0.2) is 5.13 Å². The van der Waals surface area contributed by atoms with Crippen LogP contribution in [0.2, 0.25) is 0 Å². The van der Waals surface area contributed by atoms with Gasteiger partial charge in [-0.15, -0.1) is 11.3 Å². The third-order valence-electron chi connectivity index (χ3n) is 2.96. The van der Waals surface area contributed by atoms with Crippen molar-refractivity contribution >= 4 is 28.2 Å². The van der Waals surface area contributed by atoms with Crippen LogP contribution in [0.4, 0.5) is 15.6 Å². The molecule has 0 fully saturated rings. The van der Waals surface area contributed by atoms with Crippen molar-refractivity contribution in [3.8, 4) is 5.75 Å². The van der Waals surface area contributed by atoms with Gasteiger partial charge in [0.25, 0.3) is 0 Å². The van der Waals surface area contributed by atoms with Crippen molar-refractivity contribution in [2.75, 3.05) is 12.0 Å². The first-order valence-electron chi connectivity index (χ1n) is 6.25. The molecule has 0 aliphatic heterocycles. The fraction of sp³-hybridized carbons (Fsp3) is 0.286. The monoisotopic (exact) mass is 291 g/mol. The summed E-state index contributed by atoms with van der Waals surface area (Å²) in [6.45, 7) is 3.92. The number of aryl methyl sites for hydroxylation is 2. The summed E-state index contributed by atoms with van der Waals surface area (Å²) in [4.78, 5) is 17.6. The van der Waals surface area contributed by atoms with Crippen molar-refractivity contribution in [2.24, 2.45) is 5.73 Å². The van der Waals surface area contributed by atoms with Gasteiger partial charge in [0.1, 0.15) is 5.75 Å². The minimum atomic E-state index is -0.546. The van der Waals surface area contributed by atoms with Crippen LogP contribution in [0.3, 0.4) is 0 Å². The number of aromatic nitrogens is 1. The first-order chi connectivity index (χ1) is 9.56. The van der Waals surface area contributed by atoms with Gasteiger partial charge in [-0.05, 0) is 37.1 Å². The van der Waals surface area contributed by atoms with E-state index in [-0.39, 0.29) is 0 Å². The highest BCUT2D eigenvalue weighted by Crippen LogP contribution is 2.32. The van der Waals surface area contributed by atoms with Crippen LogP contribution in [0.25, 0.3) is 0 Å². The first kappa shape index (κ1) is 14.3. The van der Waals surface area contributed by atoms with Gasteiger partial charge >= 0.3 is 6.03 Å². The van der Waals surface area contributed by atoms with Gasteiger partial charge in [0, 0.05) is 5.38 Å². The highest BCUT2D eigenvalue weighted by atomic mass is 32.1. The molecule has 1 aromatic heterocycles. The fourth-order valence-electron chi connectivity index (χ4n) is 1.88. The number of hydrogen-bond donors (Lipinski definition) is 1. The lowest BCUT2D eigenvalue weighted by Crippen LogP contribution is -2.31. The summed E-state index contributed by atoms with van der Waals surface area (Å²) in [5.74, 6) is 0.740. The number of nitrogens with two attached hydrogens (primary N) is 1. The highest BCUT2D eigenvalue weighted by Gasteiger charge is 2.20. The molecule has 0 atom stereocenters. The average Bonchev–Trinajstić information content (AvgIpc) is 2.89. The SMILES string of the molecule is CCc1csc(N(C(N)=O)c2ccc(OC)cc2C)n1. The number of urea groups is 1. The number of ether oxygens (including phenoxy) is 1. The van der Waals surface area contributed by atoms with Gasteiger partial charge in [-0.3, -0.25) is 0 Å². The number of primary amides is 1. The third kappa shape index (κ3) is 2.75. The lowest BCUT2D eigenvalue weighted by Gasteiger charge is -2.20.